The van der Waals surface area contributed by atoms with Crippen molar-refractivity contribution in [2.45, 2.75) is 0 Å². The number of hydrogen-bond donors (Lipinski definition) is 0. The molecule has 1 fully saturated rings. The first kappa shape index (κ1) is 11.7. The Morgan fingerprint density at radius 3 is 2.00 bits per heavy atom. The molecule has 0 aromatic heterocycles. The van der Waals surface area contributed by atoms with Gasteiger partial charge in [0.05, 0.1) is 0 Å². The molecule has 0 spiro atoms. The fraction of sp³-hybridized carbons (Fsp3) is 0.125. The SMILES string of the molecule is O=C1C(Cl)=C(N2CC2)C(=O)c2cc3ccccc3cc21. The highest BCUT2D eigenvalue weighted by Gasteiger charge is 2.37. The highest BCUT2D eigenvalue weighted by atomic mass is 35.5. The molecular formula is C16H10ClNO2. The van der Waals surface area contributed by atoms with Gasteiger partial charge in [0.2, 0.25) is 11.6 Å². The van der Waals surface area contributed by atoms with E-state index in [0.29, 0.717) is 16.8 Å². The van der Waals surface area contributed by atoms with Crippen LogP contribution in [0.2, 0.25) is 0 Å². The predicted molar refractivity (Wildman–Crippen MR) is 77.1 cm³/mol. The zero-order valence-corrected chi connectivity index (χ0v) is 11.3. The molecule has 1 aliphatic heterocycles. The van der Waals surface area contributed by atoms with Gasteiger partial charge in [0.25, 0.3) is 0 Å². The molecule has 1 aliphatic carbocycles. The van der Waals surface area contributed by atoms with Crippen molar-refractivity contribution < 1.29 is 9.59 Å². The van der Waals surface area contributed by atoms with Crippen molar-refractivity contribution in [2.75, 3.05) is 13.1 Å². The van der Waals surface area contributed by atoms with Gasteiger partial charge in [-0.25, -0.2) is 0 Å². The average Bonchev–Trinajstić information content (AvgIpc) is 3.28. The van der Waals surface area contributed by atoms with Crippen LogP contribution in [0.3, 0.4) is 0 Å². The highest BCUT2D eigenvalue weighted by molar-refractivity contribution is 6.50. The fourth-order valence-electron chi connectivity index (χ4n) is 2.63. The van der Waals surface area contributed by atoms with Gasteiger partial charge in [-0.05, 0) is 22.9 Å². The van der Waals surface area contributed by atoms with E-state index < -0.39 is 0 Å². The Balaban J connectivity index is 2.00. The highest BCUT2D eigenvalue weighted by Crippen LogP contribution is 2.34. The number of Topliss-reactive ketones (excluding diaryl/α,β-unsaturated/α-hetero) is 2. The van der Waals surface area contributed by atoms with E-state index in [1.54, 1.807) is 12.1 Å². The second-order valence-corrected chi connectivity index (χ2v) is 5.43. The summed E-state index contributed by atoms with van der Waals surface area (Å²) in [6.45, 7) is 1.57. The van der Waals surface area contributed by atoms with Gasteiger partial charge in [-0.3, -0.25) is 9.59 Å². The molecule has 4 rings (SSSR count). The second kappa shape index (κ2) is 3.93. The number of hydrogen-bond acceptors (Lipinski definition) is 3. The van der Waals surface area contributed by atoms with Gasteiger partial charge in [0.15, 0.2) is 0 Å². The van der Waals surface area contributed by atoms with Crippen molar-refractivity contribution in [1.82, 2.24) is 4.90 Å². The van der Waals surface area contributed by atoms with Gasteiger partial charge in [0, 0.05) is 24.2 Å². The fourth-order valence-corrected chi connectivity index (χ4v) is 2.93. The second-order valence-electron chi connectivity index (χ2n) is 5.05. The normalized spacial score (nSPS) is 17.8. The third-order valence-corrected chi connectivity index (χ3v) is 4.11. The smallest absolute Gasteiger partial charge is 0.211 e. The standard InChI is InChI=1S/C16H10ClNO2/c17-13-14(18-5-6-18)16(20)12-8-10-4-2-1-3-9(10)7-11(12)15(13)19/h1-4,7-8H,5-6H2. The van der Waals surface area contributed by atoms with Crippen molar-refractivity contribution in [3.8, 4) is 0 Å². The Morgan fingerprint density at radius 2 is 1.45 bits per heavy atom. The van der Waals surface area contributed by atoms with Gasteiger partial charge < -0.3 is 4.90 Å². The molecule has 4 heteroatoms. The molecule has 20 heavy (non-hydrogen) atoms. The first-order chi connectivity index (χ1) is 9.66. The van der Waals surface area contributed by atoms with Crippen molar-refractivity contribution in [2.24, 2.45) is 0 Å². The Kier molecular flexibility index (Phi) is 2.30. The minimum atomic E-state index is -0.256. The van der Waals surface area contributed by atoms with Gasteiger partial charge >= 0.3 is 0 Å². The molecule has 0 bridgehead atoms. The van der Waals surface area contributed by atoms with Crippen LogP contribution in [0.5, 0.6) is 0 Å². The molecule has 0 saturated carbocycles. The minimum Gasteiger partial charge on any atom is -0.363 e. The first-order valence-corrected chi connectivity index (χ1v) is 6.81. The van der Waals surface area contributed by atoms with Gasteiger partial charge in [-0.2, -0.15) is 0 Å². The third-order valence-electron chi connectivity index (χ3n) is 3.76. The van der Waals surface area contributed by atoms with Crippen LogP contribution in [0.15, 0.2) is 47.1 Å². The van der Waals surface area contributed by atoms with E-state index in [4.69, 9.17) is 11.6 Å². The number of carbonyl (C=O) groups is 2. The average molecular weight is 284 g/mol. The van der Waals surface area contributed by atoms with E-state index >= 15 is 0 Å². The summed E-state index contributed by atoms with van der Waals surface area (Å²) < 4.78 is 0. The molecule has 2 aliphatic rings. The molecule has 3 nitrogen and oxygen atoms in total. The lowest BCUT2D eigenvalue weighted by Crippen LogP contribution is -2.24. The summed E-state index contributed by atoms with van der Waals surface area (Å²) >= 11 is 6.11. The summed E-state index contributed by atoms with van der Waals surface area (Å²) in [6, 6.07) is 11.2. The van der Waals surface area contributed by atoms with E-state index in [2.05, 4.69) is 0 Å². The first-order valence-electron chi connectivity index (χ1n) is 6.44. The minimum absolute atomic E-state index is 0.0512. The number of rotatable bonds is 1. The summed E-state index contributed by atoms with van der Waals surface area (Å²) in [5.74, 6) is -0.401. The topological polar surface area (TPSA) is 37.1 Å². The maximum absolute atomic E-state index is 12.6. The zero-order valence-electron chi connectivity index (χ0n) is 10.5. The van der Waals surface area contributed by atoms with E-state index in [1.807, 2.05) is 29.2 Å². The summed E-state index contributed by atoms with van der Waals surface area (Å²) in [4.78, 5) is 26.8. The van der Waals surface area contributed by atoms with Crippen LogP contribution < -0.4 is 0 Å². The summed E-state index contributed by atoms with van der Waals surface area (Å²) in [7, 11) is 0. The number of nitrogens with zero attached hydrogens (tertiary/aromatic N) is 1. The van der Waals surface area contributed by atoms with E-state index in [0.717, 1.165) is 23.9 Å². The largest absolute Gasteiger partial charge is 0.363 e. The lowest BCUT2D eigenvalue weighted by Gasteiger charge is -2.19. The van der Waals surface area contributed by atoms with Gasteiger partial charge in [-0.15, -0.1) is 0 Å². The Labute approximate surface area is 120 Å². The van der Waals surface area contributed by atoms with Crippen LogP contribution in [0.25, 0.3) is 10.8 Å². The molecule has 0 radical (unpaired) electrons. The van der Waals surface area contributed by atoms with Crippen molar-refractivity contribution >= 4 is 33.9 Å². The third kappa shape index (κ3) is 1.53. The summed E-state index contributed by atoms with van der Waals surface area (Å²) in [5.41, 5.74) is 1.23. The van der Waals surface area contributed by atoms with Crippen LogP contribution in [0, 0.1) is 0 Å². The maximum atomic E-state index is 12.6. The molecule has 0 N–H and O–H groups in total. The molecule has 0 amide bonds. The Bertz CT molecular complexity index is 818. The molecule has 2 aromatic rings. The quantitative estimate of drug-likeness (QED) is 0.755. The Hall–Kier alpha value is -2.13. The Morgan fingerprint density at radius 1 is 0.900 bits per heavy atom. The molecular weight excluding hydrogens is 274 g/mol. The summed E-state index contributed by atoms with van der Waals surface area (Å²) in [5, 5.41) is 1.94. The molecule has 1 saturated heterocycles. The molecule has 2 aromatic carbocycles. The summed E-state index contributed by atoms with van der Waals surface area (Å²) in [6.07, 6.45) is 0. The number of fused-ring (bicyclic) bond motifs is 2. The number of ketones is 2. The molecule has 0 atom stereocenters. The number of benzene rings is 2. The number of allylic oxidation sites excluding steroid dienone is 2. The monoisotopic (exact) mass is 283 g/mol. The predicted octanol–water partition coefficient (Wildman–Crippen LogP) is 2.98. The van der Waals surface area contributed by atoms with Crippen molar-refractivity contribution in [3.63, 3.8) is 0 Å². The molecule has 0 unspecified atom stereocenters. The van der Waals surface area contributed by atoms with Crippen LogP contribution in [0.4, 0.5) is 0 Å². The van der Waals surface area contributed by atoms with Crippen molar-refractivity contribution in [3.05, 3.63) is 58.3 Å². The van der Waals surface area contributed by atoms with Gasteiger partial charge in [-0.1, -0.05) is 35.9 Å². The van der Waals surface area contributed by atoms with Crippen LogP contribution >= 0.6 is 11.6 Å². The van der Waals surface area contributed by atoms with Crippen LogP contribution in [-0.2, 0) is 0 Å². The zero-order chi connectivity index (χ0) is 13.9. The molecule has 98 valence electrons. The van der Waals surface area contributed by atoms with Gasteiger partial charge in [0.1, 0.15) is 10.7 Å². The lowest BCUT2D eigenvalue weighted by atomic mass is 9.89. The molecule has 1 heterocycles. The van der Waals surface area contributed by atoms with Crippen LogP contribution in [0.1, 0.15) is 20.7 Å². The number of carbonyl (C=O) groups excluding carboxylic acids is 2. The van der Waals surface area contributed by atoms with E-state index in [1.165, 1.54) is 0 Å². The lowest BCUT2D eigenvalue weighted by molar-refractivity contribution is 0.0967. The maximum Gasteiger partial charge on any atom is 0.211 e. The number of halogens is 1. The van der Waals surface area contributed by atoms with Crippen molar-refractivity contribution in [1.29, 1.82) is 0 Å². The van der Waals surface area contributed by atoms with E-state index in [9.17, 15) is 9.59 Å². The van der Waals surface area contributed by atoms with E-state index in [-0.39, 0.29) is 16.6 Å². The van der Waals surface area contributed by atoms with Crippen LogP contribution in [-0.4, -0.2) is 29.6 Å².